The molecular formula is C20H24FN3O. The van der Waals surface area contributed by atoms with Gasteiger partial charge in [0.2, 0.25) is 0 Å². The quantitative estimate of drug-likeness (QED) is 0.875. The van der Waals surface area contributed by atoms with Crippen molar-refractivity contribution in [2.75, 3.05) is 24.5 Å². The van der Waals surface area contributed by atoms with Crippen LogP contribution in [0.3, 0.4) is 0 Å². The highest BCUT2D eigenvalue weighted by Crippen LogP contribution is 2.22. The Morgan fingerprint density at radius 1 is 1.20 bits per heavy atom. The third kappa shape index (κ3) is 4.72. The minimum Gasteiger partial charge on any atom is -0.371 e. The number of hydrogen-bond donors (Lipinski definition) is 2. The van der Waals surface area contributed by atoms with Crippen molar-refractivity contribution in [2.24, 2.45) is 5.92 Å². The minimum absolute atomic E-state index is 0.180. The van der Waals surface area contributed by atoms with Gasteiger partial charge >= 0.3 is 6.03 Å². The zero-order valence-electron chi connectivity index (χ0n) is 14.5. The minimum atomic E-state index is -0.225. The number of rotatable bonds is 5. The molecule has 3 rings (SSSR count). The molecule has 0 saturated carbocycles. The average Bonchev–Trinajstić information content (AvgIpc) is 3.11. The number of benzene rings is 2. The normalized spacial score (nSPS) is 16.7. The largest absolute Gasteiger partial charge is 0.371 e. The molecule has 0 bridgehead atoms. The van der Waals surface area contributed by atoms with Crippen molar-refractivity contribution in [2.45, 2.75) is 19.9 Å². The Labute approximate surface area is 148 Å². The summed E-state index contributed by atoms with van der Waals surface area (Å²) in [7, 11) is 0. The van der Waals surface area contributed by atoms with Crippen molar-refractivity contribution in [1.29, 1.82) is 0 Å². The summed E-state index contributed by atoms with van der Waals surface area (Å²) < 4.78 is 13.2. The number of para-hydroxylation sites is 1. The zero-order valence-corrected chi connectivity index (χ0v) is 14.5. The van der Waals surface area contributed by atoms with Gasteiger partial charge in [-0.15, -0.1) is 0 Å². The Morgan fingerprint density at radius 2 is 2.00 bits per heavy atom. The first-order valence-corrected chi connectivity index (χ1v) is 8.68. The van der Waals surface area contributed by atoms with Gasteiger partial charge in [-0.05, 0) is 48.6 Å². The van der Waals surface area contributed by atoms with Crippen LogP contribution in [0.25, 0.3) is 0 Å². The van der Waals surface area contributed by atoms with E-state index >= 15 is 0 Å². The Hall–Kier alpha value is -2.56. The molecule has 2 aromatic carbocycles. The topological polar surface area (TPSA) is 44.4 Å². The van der Waals surface area contributed by atoms with Gasteiger partial charge in [-0.1, -0.05) is 30.3 Å². The van der Waals surface area contributed by atoms with E-state index in [1.807, 2.05) is 18.2 Å². The fourth-order valence-electron chi connectivity index (χ4n) is 3.17. The summed E-state index contributed by atoms with van der Waals surface area (Å²) in [4.78, 5) is 14.3. The highest BCUT2D eigenvalue weighted by atomic mass is 19.1. The summed E-state index contributed by atoms with van der Waals surface area (Å²) in [5.74, 6) is 0.233. The third-order valence-electron chi connectivity index (χ3n) is 4.63. The van der Waals surface area contributed by atoms with Crippen LogP contribution in [0.5, 0.6) is 0 Å². The van der Waals surface area contributed by atoms with Gasteiger partial charge < -0.3 is 15.5 Å². The number of nitrogens with zero attached hydrogens (tertiary/aromatic N) is 1. The lowest BCUT2D eigenvalue weighted by Crippen LogP contribution is -2.38. The van der Waals surface area contributed by atoms with E-state index in [2.05, 4.69) is 27.7 Å². The molecule has 1 fully saturated rings. The SMILES string of the molecule is Cc1cc(CNC(=O)NCC2CCN(c3ccccc3)C2)ccc1F. The van der Waals surface area contributed by atoms with Crippen LogP contribution in [0.2, 0.25) is 0 Å². The lowest BCUT2D eigenvalue weighted by Gasteiger charge is -2.18. The molecule has 1 unspecified atom stereocenters. The Balaban J connectivity index is 1.40. The molecule has 0 aliphatic carbocycles. The molecule has 0 radical (unpaired) electrons. The predicted molar refractivity (Wildman–Crippen MR) is 98.1 cm³/mol. The van der Waals surface area contributed by atoms with Gasteiger partial charge in [0, 0.05) is 31.9 Å². The Morgan fingerprint density at radius 3 is 2.76 bits per heavy atom. The van der Waals surface area contributed by atoms with E-state index in [0.29, 0.717) is 24.6 Å². The molecule has 0 aromatic heterocycles. The number of urea groups is 1. The fraction of sp³-hybridized carbons (Fsp3) is 0.350. The molecule has 1 atom stereocenters. The molecule has 4 nitrogen and oxygen atoms in total. The number of amides is 2. The van der Waals surface area contributed by atoms with Crippen LogP contribution in [-0.4, -0.2) is 25.7 Å². The monoisotopic (exact) mass is 341 g/mol. The van der Waals surface area contributed by atoms with Crippen molar-refractivity contribution >= 4 is 11.7 Å². The summed E-state index contributed by atoms with van der Waals surface area (Å²) in [6.07, 6.45) is 1.08. The van der Waals surface area contributed by atoms with Gasteiger partial charge in [-0.25, -0.2) is 9.18 Å². The molecule has 25 heavy (non-hydrogen) atoms. The fourth-order valence-corrected chi connectivity index (χ4v) is 3.17. The van der Waals surface area contributed by atoms with Crippen LogP contribution in [0.15, 0.2) is 48.5 Å². The number of hydrogen-bond acceptors (Lipinski definition) is 2. The maximum atomic E-state index is 13.2. The standard InChI is InChI=1S/C20H24FN3O/c1-15-11-16(7-8-19(15)21)12-22-20(25)23-13-17-9-10-24(14-17)18-5-3-2-4-6-18/h2-8,11,17H,9-10,12-14H2,1H3,(H2,22,23,25). The van der Waals surface area contributed by atoms with E-state index in [-0.39, 0.29) is 11.8 Å². The Kier molecular flexibility index (Phi) is 5.53. The van der Waals surface area contributed by atoms with E-state index in [9.17, 15) is 9.18 Å². The second-order valence-electron chi connectivity index (χ2n) is 6.58. The van der Waals surface area contributed by atoms with E-state index < -0.39 is 0 Å². The number of aryl methyl sites for hydroxylation is 1. The van der Waals surface area contributed by atoms with Crippen molar-refractivity contribution in [3.63, 3.8) is 0 Å². The van der Waals surface area contributed by atoms with Gasteiger partial charge in [0.25, 0.3) is 0 Å². The van der Waals surface area contributed by atoms with Crippen LogP contribution in [0.1, 0.15) is 17.5 Å². The smallest absolute Gasteiger partial charge is 0.315 e. The van der Waals surface area contributed by atoms with Crippen molar-refractivity contribution < 1.29 is 9.18 Å². The average molecular weight is 341 g/mol. The molecule has 2 amide bonds. The number of anilines is 1. The molecule has 2 aromatic rings. The molecule has 1 heterocycles. The van der Waals surface area contributed by atoms with Crippen LogP contribution in [0, 0.1) is 18.7 Å². The molecular weight excluding hydrogens is 317 g/mol. The Bertz CT molecular complexity index is 720. The molecule has 0 spiro atoms. The number of nitrogens with one attached hydrogen (secondary N) is 2. The van der Waals surface area contributed by atoms with Gasteiger partial charge in [-0.3, -0.25) is 0 Å². The molecule has 5 heteroatoms. The second-order valence-corrected chi connectivity index (χ2v) is 6.58. The molecule has 1 aliphatic heterocycles. The van der Waals surface area contributed by atoms with E-state index in [4.69, 9.17) is 0 Å². The summed E-state index contributed by atoms with van der Waals surface area (Å²) >= 11 is 0. The summed E-state index contributed by atoms with van der Waals surface area (Å²) in [5, 5.41) is 5.77. The van der Waals surface area contributed by atoms with E-state index in [1.54, 1.807) is 19.1 Å². The summed E-state index contributed by atoms with van der Waals surface area (Å²) in [6, 6.07) is 15.0. The van der Waals surface area contributed by atoms with Crippen LogP contribution >= 0.6 is 0 Å². The molecule has 1 aliphatic rings. The first kappa shape index (κ1) is 17.3. The predicted octanol–water partition coefficient (Wildman–Crippen LogP) is 3.46. The van der Waals surface area contributed by atoms with Gasteiger partial charge in [0.15, 0.2) is 0 Å². The van der Waals surface area contributed by atoms with Gasteiger partial charge in [0.05, 0.1) is 0 Å². The maximum Gasteiger partial charge on any atom is 0.315 e. The van der Waals surface area contributed by atoms with Crippen molar-refractivity contribution in [3.8, 4) is 0 Å². The maximum absolute atomic E-state index is 13.2. The lowest BCUT2D eigenvalue weighted by molar-refractivity contribution is 0.239. The zero-order chi connectivity index (χ0) is 17.6. The first-order valence-electron chi connectivity index (χ1n) is 8.68. The van der Waals surface area contributed by atoms with Crippen LogP contribution < -0.4 is 15.5 Å². The highest BCUT2D eigenvalue weighted by molar-refractivity contribution is 5.73. The number of halogens is 1. The van der Waals surface area contributed by atoms with E-state index in [1.165, 1.54) is 11.8 Å². The third-order valence-corrected chi connectivity index (χ3v) is 4.63. The highest BCUT2D eigenvalue weighted by Gasteiger charge is 2.22. The summed E-state index contributed by atoms with van der Waals surface area (Å²) in [6.45, 7) is 4.76. The number of carbonyl (C=O) groups excluding carboxylic acids is 1. The van der Waals surface area contributed by atoms with Crippen LogP contribution in [-0.2, 0) is 6.54 Å². The molecule has 132 valence electrons. The van der Waals surface area contributed by atoms with E-state index in [0.717, 1.165) is 25.1 Å². The summed E-state index contributed by atoms with van der Waals surface area (Å²) in [5.41, 5.74) is 2.72. The molecule has 1 saturated heterocycles. The number of carbonyl (C=O) groups is 1. The van der Waals surface area contributed by atoms with Crippen molar-refractivity contribution in [1.82, 2.24) is 10.6 Å². The van der Waals surface area contributed by atoms with Gasteiger partial charge in [-0.2, -0.15) is 0 Å². The van der Waals surface area contributed by atoms with Crippen LogP contribution in [0.4, 0.5) is 14.9 Å². The van der Waals surface area contributed by atoms with Gasteiger partial charge in [0.1, 0.15) is 5.82 Å². The second kappa shape index (κ2) is 8.01. The van der Waals surface area contributed by atoms with Crippen molar-refractivity contribution in [3.05, 3.63) is 65.5 Å². The molecule has 2 N–H and O–H groups in total. The first-order chi connectivity index (χ1) is 12.1. The lowest BCUT2D eigenvalue weighted by atomic mass is 10.1.